The molecule has 0 radical (unpaired) electrons. The van der Waals surface area contributed by atoms with Crippen molar-refractivity contribution in [3.05, 3.63) is 35.9 Å². The zero-order valence-electron chi connectivity index (χ0n) is 10.9. The maximum Gasteiger partial charge on any atom is 0.0489 e. The summed E-state index contributed by atoms with van der Waals surface area (Å²) in [6.07, 6.45) is 2.69. The summed E-state index contributed by atoms with van der Waals surface area (Å²) in [5.74, 6) is 0. The van der Waals surface area contributed by atoms with Crippen LogP contribution in [0.15, 0.2) is 30.3 Å². The maximum absolute atomic E-state index is 9.52. The molecule has 0 aliphatic carbocycles. The molecular weight excluding hydrogens is 226 g/mol. The van der Waals surface area contributed by atoms with Crippen LogP contribution in [0.1, 0.15) is 24.8 Å². The van der Waals surface area contributed by atoms with E-state index in [0.29, 0.717) is 0 Å². The van der Waals surface area contributed by atoms with Gasteiger partial charge in [-0.25, -0.2) is 0 Å². The van der Waals surface area contributed by atoms with E-state index in [-0.39, 0.29) is 18.6 Å². The summed E-state index contributed by atoms with van der Waals surface area (Å²) in [6.45, 7) is 3.39. The van der Waals surface area contributed by atoms with Gasteiger partial charge in [0.2, 0.25) is 0 Å². The minimum atomic E-state index is -0.0397. The third kappa shape index (κ3) is 3.31. The van der Waals surface area contributed by atoms with Gasteiger partial charge in [-0.2, -0.15) is 0 Å². The molecule has 100 valence electrons. The van der Waals surface area contributed by atoms with Crippen molar-refractivity contribution < 1.29 is 10.2 Å². The summed E-state index contributed by atoms with van der Waals surface area (Å²) in [6, 6.07) is 10.5. The van der Waals surface area contributed by atoms with E-state index in [1.165, 1.54) is 5.56 Å². The van der Waals surface area contributed by atoms with E-state index in [1.807, 2.05) is 6.07 Å². The molecule has 1 aromatic rings. The van der Waals surface area contributed by atoms with Crippen molar-refractivity contribution >= 4 is 0 Å². The monoisotopic (exact) mass is 249 g/mol. The Labute approximate surface area is 109 Å². The van der Waals surface area contributed by atoms with Gasteiger partial charge in [-0.1, -0.05) is 30.3 Å². The smallest absolute Gasteiger partial charge is 0.0489 e. The van der Waals surface area contributed by atoms with Gasteiger partial charge in [-0.15, -0.1) is 0 Å². The molecule has 0 atom stereocenters. The van der Waals surface area contributed by atoms with E-state index in [1.54, 1.807) is 0 Å². The third-order valence-electron chi connectivity index (χ3n) is 4.14. The van der Waals surface area contributed by atoms with E-state index in [9.17, 15) is 5.11 Å². The van der Waals surface area contributed by atoms with E-state index >= 15 is 0 Å². The Bertz CT molecular complexity index is 345. The van der Waals surface area contributed by atoms with Crippen molar-refractivity contribution in [3.8, 4) is 0 Å². The molecule has 2 N–H and O–H groups in total. The molecule has 0 amide bonds. The molecule has 1 fully saturated rings. The average Bonchev–Trinajstić information content (AvgIpc) is 2.43. The summed E-state index contributed by atoms with van der Waals surface area (Å²) in [5.41, 5.74) is 1.30. The highest BCUT2D eigenvalue weighted by Crippen LogP contribution is 2.34. The molecule has 1 heterocycles. The maximum atomic E-state index is 9.52. The van der Waals surface area contributed by atoms with Gasteiger partial charge in [0.15, 0.2) is 0 Å². The Morgan fingerprint density at radius 3 is 2.28 bits per heavy atom. The first-order valence-electron chi connectivity index (χ1n) is 6.76. The fourth-order valence-corrected chi connectivity index (χ4v) is 2.75. The Morgan fingerprint density at radius 1 is 1.06 bits per heavy atom. The summed E-state index contributed by atoms with van der Waals surface area (Å²) in [5, 5.41) is 18.6. The minimum absolute atomic E-state index is 0.0397. The summed E-state index contributed by atoms with van der Waals surface area (Å²) in [4.78, 5) is 2.43. The lowest BCUT2D eigenvalue weighted by Crippen LogP contribution is -2.42. The number of benzene rings is 1. The summed E-state index contributed by atoms with van der Waals surface area (Å²) < 4.78 is 0. The number of nitrogens with zero attached hydrogens (tertiary/aromatic N) is 1. The molecule has 1 aliphatic rings. The molecule has 0 aromatic heterocycles. The second-order valence-electron chi connectivity index (χ2n) is 5.39. The van der Waals surface area contributed by atoms with Crippen LogP contribution in [-0.4, -0.2) is 41.4 Å². The minimum Gasteiger partial charge on any atom is -0.396 e. The van der Waals surface area contributed by atoms with Crippen LogP contribution >= 0.6 is 0 Å². The molecule has 0 saturated carbocycles. The normalized spacial score (nSPS) is 19.9. The van der Waals surface area contributed by atoms with Crippen molar-refractivity contribution in [2.24, 2.45) is 5.41 Å². The lowest BCUT2D eigenvalue weighted by molar-refractivity contribution is 0.0217. The Balaban J connectivity index is 1.86. The van der Waals surface area contributed by atoms with Crippen molar-refractivity contribution in [2.45, 2.75) is 25.8 Å². The SMILES string of the molecule is OCCC1(CO)CCN(Cc2ccccc2)CC1. The van der Waals surface area contributed by atoms with E-state index in [4.69, 9.17) is 5.11 Å². The number of likely N-dealkylation sites (tertiary alicyclic amines) is 1. The Hall–Kier alpha value is -0.900. The van der Waals surface area contributed by atoms with Crippen LogP contribution in [0.5, 0.6) is 0 Å². The zero-order chi connectivity index (χ0) is 12.8. The van der Waals surface area contributed by atoms with Gasteiger partial charge in [0.25, 0.3) is 0 Å². The van der Waals surface area contributed by atoms with Crippen LogP contribution in [0.4, 0.5) is 0 Å². The van der Waals surface area contributed by atoms with Gasteiger partial charge in [0.1, 0.15) is 0 Å². The zero-order valence-corrected chi connectivity index (χ0v) is 10.9. The quantitative estimate of drug-likeness (QED) is 0.834. The van der Waals surface area contributed by atoms with Crippen molar-refractivity contribution in [3.63, 3.8) is 0 Å². The first kappa shape index (κ1) is 13.5. The molecule has 0 unspecified atom stereocenters. The molecular formula is C15H23NO2. The topological polar surface area (TPSA) is 43.7 Å². The van der Waals surface area contributed by atoms with Crippen LogP contribution in [-0.2, 0) is 6.54 Å². The Kier molecular flexibility index (Phi) is 4.75. The number of piperidine rings is 1. The standard InChI is InChI=1S/C15H23NO2/c17-11-8-15(13-18)6-9-16(10-7-15)12-14-4-2-1-3-5-14/h1-5,17-18H,6-13H2. The number of rotatable bonds is 5. The van der Waals surface area contributed by atoms with Gasteiger partial charge < -0.3 is 10.2 Å². The molecule has 3 heteroatoms. The molecule has 18 heavy (non-hydrogen) atoms. The van der Waals surface area contributed by atoms with Gasteiger partial charge in [0, 0.05) is 19.8 Å². The number of aliphatic hydroxyl groups excluding tert-OH is 2. The number of hydrogen-bond acceptors (Lipinski definition) is 3. The van der Waals surface area contributed by atoms with Crippen LogP contribution in [0.3, 0.4) is 0 Å². The lowest BCUT2D eigenvalue weighted by Gasteiger charge is -2.40. The van der Waals surface area contributed by atoms with Crippen molar-refractivity contribution in [1.29, 1.82) is 0 Å². The first-order valence-corrected chi connectivity index (χ1v) is 6.76. The van der Waals surface area contributed by atoms with Crippen LogP contribution < -0.4 is 0 Å². The highest BCUT2D eigenvalue weighted by molar-refractivity contribution is 5.14. The van der Waals surface area contributed by atoms with Crippen LogP contribution in [0.2, 0.25) is 0 Å². The molecule has 1 aromatic carbocycles. The highest BCUT2D eigenvalue weighted by atomic mass is 16.3. The summed E-state index contributed by atoms with van der Waals surface area (Å²) >= 11 is 0. The largest absolute Gasteiger partial charge is 0.396 e. The van der Waals surface area contributed by atoms with E-state index in [0.717, 1.165) is 38.9 Å². The molecule has 0 spiro atoms. The second kappa shape index (κ2) is 6.32. The number of hydrogen-bond donors (Lipinski definition) is 2. The molecule has 2 rings (SSSR count). The highest BCUT2D eigenvalue weighted by Gasteiger charge is 2.33. The Morgan fingerprint density at radius 2 is 1.72 bits per heavy atom. The second-order valence-corrected chi connectivity index (χ2v) is 5.39. The van der Waals surface area contributed by atoms with Crippen LogP contribution in [0.25, 0.3) is 0 Å². The predicted octanol–water partition coefficient (Wildman–Crippen LogP) is 1.64. The average molecular weight is 249 g/mol. The van der Waals surface area contributed by atoms with Crippen LogP contribution in [0, 0.1) is 5.41 Å². The summed E-state index contributed by atoms with van der Waals surface area (Å²) in [7, 11) is 0. The molecule has 1 saturated heterocycles. The fourth-order valence-electron chi connectivity index (χ4n) is 2.75. The fraction of sp³-hybridized carbons (Fsp3) is 0.600. The predicted molar refractivity (Wildman–Crippen MR) is 72.2 cm³/mol. The van der Waals surface area contributed by atoms with Gasteiger partial charge >= 0.3 is 0 Å². The number of aliphatic hydroxyl groups is 2. The van der Waals surface area contributed by atoms with Crippen molar-refractivity contribution in [2.75, 3.05) is 26.3 Å². The van der Waals surface area contributed by atoms with E-state index < -0.39 is 0 Å². The van der Waals surface area contributed by atoms with E-state index in [2.05, 4.69) is 29.2 Å². The van der Waals surface area contributed by atoms with Gasteiger partial charge in [-0.3, -0.25) is 4.90 Å². The molecule has 3 nitrogen and oxygen atoms in total. The van der Waals surface area contributed by atoms with Gasteiger partial charge in [-0.05, 0) is 43.3 Å². The van der Waals surface area contributed by atoms with Gasteiger partial charge in [0.05, 0.1) is 0 Å². The molecule has 1 aliphatic heterocycles. The lowest BCUT2D eigenvalue weighted by atomic mass is 9.76. The van der Waals surface area contributed by atoms with Crippen molar-refractivity contribution in [1.82, 2.24) is 4.90 Å². The molecule has 0 bridgehead atoms. The third-order valence-corrected chi connectivity index (χ3v) is 4.14. The first-order chi connectivity index (χ1) is 8.78.